The molecule has 0 radical (unpaired) electrons. The Balaban J connectivity index is 2.40. The predicted octanol–water partition coefficient (Wildman–Crippen LogP) is -0.152. The van der Waals surface area contributed by atoms with Crippen molar-refractivity contribution in [2.24, 2.45) is 0 Å². The Morgan fingerprint density at radius 3 is 3.00 bits per heavy atom. The quantitative estimate of drug-likeness (QED) is 0.603. The van der Waals surface area contributed by atoms with E-state index in [9.17, 15) is 9.59 Å². The molecular weight excluding hydrogens is 234 g/mol. The number of nitrogens with zero attached hydrogens (tertiary/aromatic N) is 2. The number of rotatable bonds is 1. The van der Waals surface area contributed by atoms with Crippen LogP contribution in [-0.2, 0) is 9.53 Å². The Labute approximate surface area is 101 Å². The van der Waals surface area contributed by atoms with Gasteiger partial charge in [0.2, 0.25) is 5.78 Å². The number of carbonyl (C=O) groups excluding carboxylic acids is 1. The average Bonchev–Trinajstić information content (AvgIpc) is 2.87. The van der Waals surface area contributed by atoms with E-state index < -0.39 is 5.97 Å². The van der Waals surface area contributed by atoms with Crippen LogP contribution in [0.15, 0.2) is 29.1 Å². The number of hydrogen-bond acceptors (Lipinski definition) is 4. The van der Waals surface area contributed by atoms with Crippen molar-refractivity contribution in [1.82, 2.24) is 14.4 Å². The molecule has 0 unspecified atom stereocenters. The zero-order valence-electron chi connectivity index (χ0n) is 9.51. The normalized spacial score (nSPS) is 12.4. The van der Waals surface area contributed by atoms with Crippen molar-refractivity contribution >= 4 is 28.9 Å². The van der Waals surface area contributed by atoms with Crippen molar-refractivity contribution in [3.05, 3.63) is 40.0 Å². The summed E-state index contributed by atoms with van der Waals surface area (Å²) in [5.74, 6) is -0.169. The molecule has 2 aromatic heterocycles. The van der Waals surface area contributed by atoms with E-state index in [0.717, 1.165) is 11.6 Å². The zero-order chi connectivity index (χ0) is 12.7. The van der Waals surface area contributed by atoms with E-state index in [4.69, 9.17) is 0 Å². The smallest absolute Gasteiger partial charge is 0.332 e. The van der Waals surface area contributed by atoms with Crippen LogP contribution in [0.5, 0.6) is 0 Å². The maximum atomic E-state index is 12.1. The summed E-state index contributed by atoms with van der Waals surface area (Å²) in [7, 11) is 1.26. The van der Waals surface area contributed by atoms with Gasteiger partial charge >= 0.3 is 5.97 Å². The molecule has 6 nitrogen and oxygen atoms in total. The van der Waals surface area contributed by atoms with Gasteiger partial charge in [-0.15, -0.1) is 0 Å². The molecule has 0 fully saturated rings. The number of methoxy groups -OCH3 is 1. The van der Waals surface area contributed by atoms with Gasteiger partial charge in [-0.1, -0.05) is 12.1 Å². The highest BCUT2D eigenvalue weighted by molar-refractivity contribution is 5.99. The lowest BCUT2D eigenvalue weighted by molar-refractivity contribution is -0.133. The highest BCUT2D eigenvalue weighted by atomic mass is 16.5. The van der Waals surface area contributed by atoms with Crippen LogP contribution in [0.25, 0.3) is 22.9 Å². The average molecular weight is 243 g/mol. The van der Waals surface area contributed by atoms with Crippen LogP contribution >= 0.6 is 0 Å². The maximum absolute atomic E-state index is 12.1. The lowest BCUT2D eigenvalue weighted by atomic mass is 10.3. The lowest BCUT2D eigenvalue weighted by Crippen LogP contribution is -2.27. The van der Waals surface area contributed by atoms with Crippen molar-refractivity contribution in [2.75, 3.05) is 7.11 Å². The molecule has 0 aliphatic carbocycles. The molecule has 6 heteroatoms. The Hall–Kier alpha value is -2.63. The van der Waals surface area contributed by atoms with Crippen molar-refractivity contribution in [2.45, 2.75) is 0 Å². The molecule has 18 heavy (non-hydrogen) atoms. The van der Waals surface area contributed by atoms with Crippen LogP contribution in [0.2, 0.25) is 0 Å². The molecule has 0 atom stereocenters. The van der Waals surface area contributed by atoms with E-state index in [1.54, 1.807) is 6.07 Å². The SMILES string of the molecule is COC(=O)C=c1[nH]c2nc3ccccc3n2c1=O. The van der Waals surface area contributed by atoms with Gasteiger partial charge in [-0.2, -0.15) is 0 Å². The highest BCUT2D eigenvalue weighted by Gasteiger charge is 2.10. The number of aromatic nitrogens is 3. The molecule has 0 amide bonds. The lowest BCUT2D eigenvalue weighted by Gasteiger charge is -1.87. The van der Waals surface area contributed by atoms with E-state index in [0.29, 0.717) is 11.3 Å². The number of nitrogens with one attached hydrogen (secondary N) is 1. The number of fused-ring (bicyclic) bond motifs is 3. The fraction of sp³-hybridized carbons (Fsp3) is 0.0833. The van der Waals surface area contributed by atoms with E-state index >= 15 is 0 Å². The molecule has 90 valence electrons. The van der Waals surface area contributed by atoms with E-state index in [2.05, 4.69) is 14.7 Å². The second-order valence-corrected chi connectivity index (χ2v) is 3.77. The van der Waals surface area contributed by atoms with E-state index in [1.807, 2.05) is 18.2 Å². The molecular formula is C12H9N3O3. The molecule has 0 saturated heterocycles. The first kappa shape index (κ1) is 10.5. The number of para-hydroxylation sites is 2. The number of H-pyrrole nitrogens is 1. The summed E-state index contributed by atoms with van der Waals surface area (Å²) in [5.41, 5.74) is 1.12. The standard InChI is InChI=1S/C12H9N3O3/c1-18-10(16)6-8-11(17)15-9-5-3-2-4-7(9)13-12(15)14-8/h2-6H,1H3,(H,13,14). The van der Waals surface area contributed by atoms with Gasteiger partial charge in [0.05, 0.1) is 24.2 Å². The van der Waals surface area contributed by atoms with Crippen molar-refractivity contribution in [3.63, 3.8) is 0 Å². The summed E-state index contributed by atoms with van der Waals surface area (Å²) >= 11 is 0. The van der Waals surface area contributed by atoms with Gasteiger partial charge in [0.25, 0.3) is 5.56 Å². The van der Waals surface area contributed by atoms with Crippen molar-refractivity contribution < 1.29 is 9.53 Å². The van der Waals surface area contributed by atoms with E-state index in [1.165, 1.54) is 11.5 Å². The molecule has 0 saturated carbocycles. The number of hydrogen-bond donors (Lipinski definition) is 1. The monoisotopic (exact) mass is 243 g/mol. The molecule has 0 spiro atoms. The fourth-order valence-electron chi connectivity index (χ4n) is 1.88. The minimum atomic E-state index is -0.582. The number of benzene rings is 1. The van der Waals surface area contributed by atoms with Crippen LogP contribution in [0.4, 0.5) is 0 Å². The summed E-state index contributed by atoms with van der Waals surface area (Å²) in [6, 6.07) is 7.29. The topological polar surface area (TPSA) is 76.5 Å². The van der Waals surface area contributed by atoms with Crippen LogP contribution in [-0.4, -0.2) is 27.4 Å². The summed E-state index contributed by atoms with van der Waals surface area (Å²) in [4.78, 5) is 30.3. The Morgan fingerprint density at radius 2 is 2.22 bits per heavy atom. The largest absolute Gasteiger partial charge is 0.466 e. The molecule has 0 aliphatic heterocycles. The van der Waals surface area contributed by atoms with Crippen LogP contribution in [0, 0.1) is 0 Å². The van der Waals surface area contributed by atoms with Gasteiger partial charge < -0.3 is 9.72 Å². The molecule has 3 rings (SSSR count). The second-order valence-electron chi connectivity index (χ2n) is 3.77. The van der Waals surface area contributed by atoms with E-state index in [-0.39, 0.29) is 10.9 Å². The molecule has 1 N–H and O–H groups in total. The minimum Gasteiger partial charge on any atom is -0.466 e. The van der Waals surface area contributed by atoms with Gasteiger partial charge in [-0.05, 0) is 12.1 Å². The first-order chi connectivity index (χ1) is 8.70. The Bertz CT molecular complexity index is 860. The first-order valence-electron chi connectivity index (χ1n) is 5.29. The molecule has 3 aromatic rings. The highest BCUT2D eigenvalue weighted by Crippen LogP contribution is 2.11. The Kier molecular flexibility index (Phi) is 2.16. The third kappa shape index (κ3) is 1.39. The number of carbonyl (C=O) groups is 1. The third-order valence-corrected chi connectivity index (χ3v) is 2.70. The van der Waals surface area contributed by atoms with Crippen LogP contribution < -0.4 is 10.9 Å². The van der Waals surface area contributed by atoms with Gasteiger partial charge in [0.1, 0.15) is 5.35 Å². The fourth-order valence-corrected chi connectivity index (χ4v) is 1.88. The summed E-state index contributed by atoms with van der Waals surface area (Å²) in [5, 5.41) is 0.162. The molecule has 1 aromatic carbocycles. The zero-order valence-corrected chi connectivity index (χ0v) is 9.51. The molecule has 2 heterocycles. The van der Waals surface area contributed by atoms with Crippen LogP contribution in [0.1, 0.15) is 0 Å². The minimum absolute atomic E-state index is 0.162. The maximum Gasteiger partial charge on any atom is 0.332 e. The summed E-state index contributed by atoms with van der Waals surface area (Å²) in [6.07, 6.45) is 1.12. The van der Waals surface area contributed by atoms with Gasteiger partial charge in [0.15, 0.2) is 0 Å². The third-order valence-electron chi connectivity index (χ3n) is 2.70. The number of imidazole rings is 2. The summed E-state index contributed by atoms with van der Waals surface area (Å²) < 4.78 is 5.92. The summed E-state index contributed by atoms with van der Waals surface area (Å²) in [6.45, 7) is 0. The van der Waals surface area contributed by atoms with Gasteiger partial charge in [-0.3, -0.25) is 4.79 Å². The number of aromatic amines is 1. The molecule has 0 aliphatic rings. The van der Waals surface area contributed by atoms with Crippen molar-refractivity contribution in [1.29, 1.82) is 0 Å². The first-order valence-corrected chi connectivity index (χ1v) is 5.29. The van der Waals surface area contributed by atoms with Gasteiger partial charge in [-0.25, -0.2) is 14.2 Å². The van der Waals surface area contributed by atoms with Crippen molar-refractivity contribution in [3.8, 4) is 0 Å². The second kappa shape index (κ2) is 3.69. The molecule has 0 bridgehead atoms. The predicted molar refractivity (Wildman–Crippen MR) is 65.0 cm³/mol. The van der Waals surface area contributed by atoms with Crippen LogP contribution in [0.3, 0.4) is 0 Å². The number of esters is 1. The number of ether oxygens (including phenoxy) is 1. The Morgan fingerprint density at radius 1 is 1.44 bits per heavy atom. The van der Waals surface area contributed by atoms with Gasteiger partial charge in [0, 0.05) is 0 Å².